The molecule has 0 heterocycles. The quantitative estimate of drug-likeness (QED) is 0.447. The van der Waals surface area contributed by atoms with Crippen LogP contribution in [-0.4, -0.2) is 13.0 Å². The van der Waals surface area contributed by atoms with Gasteiger partial charge in [0.05, 0.1) is 12.8 Å². The molecule has 0 aliphatic rings. The van der Waals surface area contributed by atoms with Crippen LogP contribution in [0.25, 0.3) is 0 Å². The number of aryl methyl sites for hydroxylation is 1. The molecule has 0 aliphatic heterocycles. The highest BCUT2D eigenvalue weighted by molar-refractivity contribution is 6.07. The Balaban J connectivity index is 1.91. The molecule has 0 bridgehead atoms. The molecule has 3 aromatic carbocycles. The number of hydrogen-bond donors (Lipinski definition) is 1. The average Bonchev–Trinajstić information content (AvgIpc) is 2.78. The summed E-state index contributed by atoms with van der Waals surface area (Å²) in [5.74, 6) is 0.0471. The highest BCUT2D eigenvalue weighted by atomic mass is 16.5. The summed E-state index contributed by atoms with van der Waals surface area (Å²) < 4.78 is 5.32. The van der Waals surface area contributed by atoms with E-state index in [1.807, 2.05) is 90.7 Å². The normalized spacial score (nSPS) is 10.8. The van der Waals surface area contributed by atoms with Crippen molar-refractivity contribution in [3.63, 3.8) is 0 Å². The van der Waals surface area contributed by atoms with Crippen molar-refractivity contribution in [3.8, 4) is 11.8 Å². The van der Waals surface area contributed by atoms with Crippen LogP contribution in [0.15, 0.2) is 90.6 Å². The molecule has 3 aromatic rings. The van der Waals surface area contributed by atoms with Gasteiger partial charge in [-0.1, -0.05) is 54.6 Å². The Morgan fingerprint density at radius 1 is 1.07 bits per heavy atom. The summed E-state index contributed by atoms with van der Waals surface area (Å²) in [5, 5.41) is 12.5. The van der Waals surface area contributed by atoms with E-state index in [0.717, 1.165) is 16.8 Å². The Morgan fingerprint density at radius 2 is 1.73 bits per heavy atom. The molecule has 3 rings (SSSR count). The third-order valence-corrected chi connectivity index (χ3v) is 4.54. The van der Waals surface area contributed by atoms with E-state index in [9.17, 15) is 10.1 Å². The van der Waals surface area contributed by atoms with Crippen LogP contribution < -0.4 is 15.0 Å². The smallest absolute Gasteiger partial charge is 0.267 e. The third kappa shape index (κ3) is 5.27. The van der Waals surface area contributed by atoms with Crippen LogP contribution in [0.1, 0.15) is 11.1 Å². The fourth-order valence-electron chi connectivity index (χ4n) is 3.01. The van der Waals surface area contributed by atoms with Crippen LogP contribution >= 0.6 is 0 Å². The average molecular weight is 397 g/mol. The Morgan fingerprint density at radius 3 is 2.37 bits per heavy atom. The molecule has 0 saturated heterocycles. The summed E-state index contributed by atoms with van der Waals surface area (Å²) in [6.07, 6.45) is 1.58. The summed E-state index contributed by atoms with van der Waals surface area (Å²) in [4.78, 5) is 14.7. The first-order valence-corrected chi connectivity index (χ1v) is 9.54. The van der Waals surface area contributed by atoms with Crippen LogP contribution in [0.5, 0.6) is 5.75 Å². The number of nitrogens with one attached hydrogen (secondary N) is 1. The van der Waals surface area contributed by atoms with E-state index in [-0.39, 0.29) is 5.57 Å². The van der Waals surface area contributed by atoms with Crippen molar-refractivity contribution in [1.82, 2.24) is 0 Å². The molecule has 1 N–H and O–H groups in total. The first-order chi connectivity index (χ1) is 14.6. The van der Waals surface area contributed by atoms with E-state index >= 15 is 0 Å². The van der Waals surface area contributed by atoms with Gasteiger partial charge in [-0.05, 0) is 42.3 Å². The lowest BCUT2D eigenvalue weighted by molar-refractivity contribution is -0.112. The monoisotopic (exact) mass is 397 g/mol. The molecular formula is C25H23N3O2. The van der Waals surface area contributed by atoms with Gasteiger partial charge in [0.25, 0.3) is 5.91 Å². The SMILES string of the molecule is COc1ccc(C)cc1NC(=O)/C(C#N)=C\N(Cc1ccccc1)c1ccccc1. The second kappa shape index (κ2) is 9.94. The van der Waals surface area contributed by atoms with Gasteiger partial charge in [-0.3, -0.25) is 4.79 Å². The Labute approximate surface area is 176 Å². The Hall–Kier alpha value is -4.04. The molecule has 0 saturated carbocycles. The van der Waals surface area contributed by atoms with Crippen LogP contribution in [0.2, 0.25) is 0 Å². The zero-order chi connectivity index (χ0) is 21.3. The van der Waals surface area contributed by atoms with Crippen molar-refractivity contribution in [2.45, 2.75) is 13.5 Å². The van der Waals surface area contributed by atoms with Crippen molar-refractivity contribution in [3.05, 3.63) is 102 Å². The standard InChI is InChI=1S/C25H23N3O2/c1-19-13-14-24(30-2)23(15-19)27-25(29)21(16-26)18-28(22-11-7-4-8-12-22)17-20-9-5-3-6-10-20/h3-15,18H,17H2,1-2H3,(H,27,29)/b21-18-. The van der Waals surface area contributed by atoms with Gasteiger partial charge in [0.2, 0.25) is 0 Å². The number of rotatable bonds is 7. The first-order valence-electron chi connectivity index (χ1n) is 9.54. The van der Waals surface area contributed by atoms with Gasteiger partial charge in [0.1, 0.15) is 17.4 Å². The highest BCUT2D eigenvalue weighted by Crippen LogP contribution is 2.26. The molecule has 0 spiro atoms. The molecule has 5 heteroatoms. The largest absolute Gasteiger partial charge is 0.495 e. The molecule has 5 nitrogen and oxygen atoms in total. The topological polar surface area (TPSA) is 65.4 Å². The predicted octanol–water partition coefficient (Wildman–Crippen LogP) is 5.06. The molecule has 0 fully saturated rings. The number of amides is 1. The predicted molar refractivity (Wildman–Crippen MR) is 119 cm³/mol. The van der Waals surface area contributed by atoms with E-state index in [2.05, 4.69) is 5.32 Å². The van der Waals surface area contributed by atoms with Gasteiger partial charge >= 0.3 is 0 Å². The Bertz CT molecular complexity index is 1070. The third-order valence-electron chi connectivity index (χ3n) is 4.54. The lowest BCUT2D eigenvalue weighted by Gasteiger charge is -2.21. The fourth-order valence-corrected chi connectivity index (χ4v) is 3.01. The van der Waals surface area contributed by atoms with Gasteiger partial charge in [0.15, 0.2) is 0 Å². The van der Waals surface area contributed by atoms with E-state index < -0.39 is 5.91 Å². The molecule has 0 aliphatic carbocycles. The Kier molecular flexibility index (Phi) is 6.86. The van der Waals surface area contributed by atoms with Gasteiger partial charge in [0, 0.05) is 18.4 Å². The van der Waals surface area contributed by atoms with Crippen molar-refractivity contribution in [2.75, 3.05) is 17.3 Å². The minimum Gasteiger partial charge on any atom is -0.495 e. The lowest BCUT2D eigenvalue weighted by Crippen LogP contribution is -2.21. The zero-order valence-corrected chi connectivity index (χ0v) is 17.0. The number of hydrogen-bond acceptors (Lipinski definition) is 4. The molecule has 1 amide bonds. The summed E-state index contributed by atoms with van der Waals surface area (Å²) >= 11 is 0. The summed E-state index contributed by atoms with van der Waals surface area (Å²) in [6.45, 7) is 2.45. The van der Waals surface area contributed by atoms with Crippen LogP contribution in [-0.2, 0) is 11.3 Å². The number of ether oxygens (including phenoxy) is 1. The number of carbonyl (C=O) groups is 1. The van der Waals surface area contributed by atoms with Crippen molar-refractivity contribution < 1.29 is 9.53 Å². The second-order valence-electron chi connectivity index (χ2n) is 6.76. The molecule has 150 valence electrons. The fraction of sp³-hybridized carbons (Fsp3) is 0.120. The minimum atomic E-state index is -0.490. The highest BCUT2D eigenvalue weighted by Gasteiger charge is 2.15. The molecule has 0 unspecified atom stereocenters. The number of carbonyl (C=O) groups excluding carboxylic acids is 1. The zero-order valence-electron chi connectivity index (χ0n) is 17.0. The van der Waals surface area contributed by atoms with E-state index in [1.165, 1.54) is 0 Å². The van der Waals surface area contributed by atoms with Gasteiger partial charge in [-0.15, -0.1) is 0 Å². The van der Waals surface area contributed by atoms with Gasteiger partial charge < -0.3 is 15.0 Å². The molecule has 0 atom stereocenters. The van der Waals surface area contributed by atoms with Crippen LogP contribution in [0, 0.1) is 18.3 Å². The number of nitriles is 1. The maximum atomic E-state index is 12.9. The minimum absolute atomic E-state index is 0.00153. The van der Waals surface area contributed by atoms with Crippen molar-refractivity contribution in [1.29, 1.82) is 5.26 Å². The molecule has 0 aromatic heterocycles. The van der Waals surface area contributed by atoms with E-state index in [4.69, 9.17) is 4.74 Å². The summed E-state index contributed by atoms with van der Waals surface area (Å²) in [6, 6.07) is 27.1. The maximum Gasteiger partial charge on any atom is 0.267 e. The van der Waals surface area contributed by atoms with E-state index in [1.54, 1.807) is 19.4 Å². The summed E-state index contributed by atoms with van der Waals surface area (Å²) in [7, 11) is 1.54. The van der Waals surface area contributed by atoms with Gasteiger partial charge in [-0.25, -0.2) is 0 Å². The number of anilines is 2. The van der Waals surface area contributed by atoms with Crippen molar-refractivity contribution >= 4 is 17.3 Å². The molecular weight excluding hydrogens is 374 g/mol. The lowest BCUT2D eigenvalue weighted by atomic mass is 10.1. The maximum absolute atomic E-state index is 12.9. The van der Waals surface area contributed by atoms with Crippen LogP contribution in [0.4, 0.5) is 11.4 Å². The van der Waals surface area contributed by atoms with Crippen LogP contribution in [0.3, 0.4) is 0 Å². The number of nitrogens with zero attached hydrogens (tertiary/aromatic N) is 2. The first kappa shape index (κ1) is 20.7. The molecule has 30 heavy (non-hydrogen) atoms. The second-order valence-corrected chi connectivity index (χ2v) is 6.76. The van der Waals surface area contributed by atoms with Crippen molar-refractivity contribution in [2.24, 2.45) is 0 Å². The number of benzene rings is 3. The molecule has 0 radical (unpaired) electrons. The van der Waals surface area contributed by atoms with Gasteiger partial charge in [-0.2, -0.15) is 5.26 Å². The van der Waals surface area contributed by atoms with E-state index in [0.29, 0.717) is 18.0 Å². The summed E-state index contributed by atoms with van der Waals surface area (Å²) in [5.41, 5.74) is 3.45. The number of methoxy groups -OCH3 is 1. The number of para-hydroxylation sites is 1.